The highest BCUT2D eigenvalue weighted by Gasteiger charge is 2.12. The second-order valence-electron chi connectivity index (χ2n) is 3.06. The smallest absolute Gasteiger partial charge is 0.126 e. The van der Waals surface area contributed by atoms with Crippen LogP contribution in [0.25, 0.3) is 10.6 Å². The van der Waals surface area contributed by atoms with Crippen LogP contribution in [-0.4, -0.2) is 4.98 Å². The summed E-state index contributed by atoms with van der Waals surface area (Å²) in [6.07, 6.45) is 0. The molecule has 1 aromatic heterocycles. The van der Waals surface area contributed by atoms with E-state index in [2.05, 4.69) is 20.9 Å². The van der Waals surface area contributed by atoms with Crippen LogP contribution in [0.4, 0.5) is 0 Å². The number of nitrogens with two attached hydrogens (primary N) is 1. The Morgan fingerprint density at radius 1 is 1.38 bits per heavy atom. The highest BCUT2D eigenvalue weighted by atomic mass is 79.9. The van der Waals surface area contributed by atoms with E-state index in [-0.39, 0.29) is 0 Å². The molecule has 0 saturated heterocycles. The van der Waals surface area contributed by atoms with Crippen molar-refractivity contribution in [1.82, 2.24) is 4.98 Å². The molecular weight excluding hydrogens is 331 g/mol. The van der Waals surface area contributed by atoms with Crippen molar-refractivity contribution < 1.29 is 0 Å². The Hall–Kier alpha value is -0.130. The van der Waals surface area contributed by atoms with Gasteiger partial charge in [-0.05, 0) is 34.1 Å². The van der Waals surface area contributed by atoms with Crippen LogP contribution < -0.4 is 5.73 Å². The number of aromatic nitrogens is 1. The van der Waals surface area contributed by atoms with Crippen LogP contribution in [-0.2, 0) is 6.54 Å². The van der Waals surface area contributed by atoms with Gasteiger partial charge in [0.2, 0.25) is 0 Å². The van der Waals surface area contributed by atoms with Gasteiger partial charge >= 0.3 is 0 Å². The molecule has 0 aliphatic carbocycles. The van der Waals surface area contributed by atoms with Gasteiger partial charge in [-0.3, -0.25) is 0 Å². The second kappa shape index (κ2) is 5.02. The molecule has 1 heterocycles. The molecule has 0 aliphatic heterocycles. The number of nitrogens with zero attached hydrogens (tertiary/aromatic N) is 1. The molecule has 2 N–H and O–H groups in total. The van der Waals surface area contributed by atoms with E-state index < -0.39 is 0 Å². The normalized spacial score (nSPS) is 10.8. The lowest BCUT2D eigenvalue weighted by molar-refractivity contribution is 1.08. The van der Waals surface area contributed by atoms with Crippen molar-refractivity contribution in [2.45, 2.75) is 6.54 Å². The van der Waals surface area contributed by atoms with Crippen LogP contribution in [0.3, 0.4) is 0 Å². The fourth-order valence-corrected chi connectivity index (χ4v) is 3.36. The lowest BCUT2D eigenvalue weighted by Crippen LogP contribution is -1.92. The molecule has 2 nitrogen and oxygen atoms in total. The number of halogens is 3. The van der Waals surface area contributed by atoms with E-state index in [9.17, 15) is 0 Å². The van der Waals surface area contributed by atoms with E-state index in [0.29, 0.717) is 16.6 Å². The average Bonchev–Trinajstić information content (AvgIpc) is 2.59. The molecule has 0 atom stereocenters. The minimum absolute atomic E-state index is 0.462. The Labute approximate surface area is 116 Å². The Balaban J connectivity index is 2.50. The van der Waals surface area contributed by atoms with Gasteiger partial charge in [0.25, 0.3) is 0 Å². The van der Waals surface area contributed by atoms with Crippen LogP contribution in [0, 0.1) is 0 Å². The molecule has 0 aliphatic rings. The molecule has 0 unspecified atom stereocenters. The van der Waals surface area contributed by atoms with E-state index >= 15 is 0 Å². The summed E-state index contributed by atoms with van der Waals surface area (Å²) in [6.45, 7) is 0.462. The number of rotatable bonds is 2. The summed E-state index contributed by atoms with van der Waals surface area (Å²) >= 11 is 16.8. The van der Waals surface area contributed by atoms with Gasteiger partial charge < -0.3 is 5.73 Å². The van der Waals surface area contributed by atoms with Crippen molar-refractivity contribution in [3.05, 3.63) is 37.7 Å². The monoisotopic (exact) mass is 336 g/mol. The van der Waals surface area contributed by atoms with Gasteiger partial charge in [-0.2, -0.15) is 0 Å². The third kappa shape index (κ3) is 2.41. The van der Waals surface area contributed by atoms with Gasteiger partial charge in [-0.1, -0.05) is 23.2 Å². The van der Waals surface area contributed by atoms with E-state index in [4.69, 9.17) is 28.9 Å². The quantitative estimate of drug-likeness (QED) is 0.885. The van der Waals surface area contributed by atoms with E-state index in [1.54, 1.807) is 12.1 Å². The van der Waals surface area contributed by atoms with Crippen LogP contribution in [0.5, 0.6) is 0 Å². The SMILES string of the molecule is NCc1sc(-c2ccc(Cl)cc2Cl)nc1Br. The summed E-state index contributed by atoms with van der Waals surface area (Å²) in [4.78, 5) is 5.37. The first-order chi connectivity index (χ1) is 7.61. The first-order valence-corrected chi connectivity index (χ1v) is 6.79. The summed E-state index contributed by atoms with van der Waals surface area (Å²) in [6, 6.07) is 5.35. The van der Waals surface area contributed by atoms with E-state index in [1.807, 2.05) is 6.07 Å². The third-order valence-corrected chi connectivity index (χ3v) is 4.57. The van der Waals surface area contributed by atoms with Crippen molar-refractivity contribution in [2.24, 2.45) is 5.73 Å². The largest absolute Gasteiger partial charge is 0.326 e. The third-order valence-electron chi connectivity index (χ3n) is 2.00. The summed E-state index contributed by atoms with van der Waals surface area (Å²) in [5.74, 6) is 0. The van der Waals surface area contributed by atoms with Crippen LogP contribution in [0.15, 0.2) is 22.8 Å². The standard InChI is InChI=1S/C10H7BrCl2N2S/c11-9-8(4-14)16-10(15-9)6-2-1-5(12)3-7(6)13/h1-3H,4,14H2. The highest BCUT2D eigenvalue weighted by molar-refractivity contribution is 9.10. The predicted octanol–water partition coefficient (Wildman–Crippen LogP) is 4.34. The van der Waals surface area contributed by atoms with Gasteiger partial charge in [0.05, 0.1) is 9.90 Å². The lowest BCUT2D eigenvalue weighted by Gasteiger charge is -1.99. The summed E-state index contributed by atoms with van der Waals surface area (Å²) in [7, 11) is 0. The predicted molar refractivity (Wildman–Crippen MR) is 73.2 cm³/mol. The maximum absolute atomic E-state index is 6.10. The number of benzene rings is 1. The fourth-order valence-electron chi connectivity index (χ4n) is 1.24. The zero-order valence-electron chi connectivity index (χ0n) is 8.01. The van der Waals surface area contributed by atoms with Gasteiger partial charge in [0, 0.05) is 17.1 Å². The molecule has 0 fully saturated rings. The molecule has 0 amide bonds. The minimum Gasteiger partial charge on any atom is -0.326 e. The molecule has 0 bridgehead atoms. The maximum Gasteiger partial charge on any atom is 0.126 e. The fraction of sp³-hybridized carbons (Fsp3) is 0.100. The lowest BCUT2D eigenvalue weighted by atomic mass is 10.2. The van der Waals surface area contributed by atoms with Crippen LogP contribution in [0.1, 0.15) is 4.88 Å². The van der Waals surface area contributed by atoms with Crippen molar-refractivity contribution in [3.8, 4) is 10.6 Å². The minimum atomic E-state index is 0.462. The maximum atomic E-state index is 6.10. The summed E-state index contributed by atoms with van der Waals surface area (Å²) in [5, 5.41) is 2.05. The van der Waals surface area contributed by atoms with Crippen LogP contribution >= 0.6 is 50.5 Å². The molecule has 0 spiro atoms. The first-order valence-electron chi connectivity index (χ1n) is 4.42. The van der Waals surface area contributed by atoms with Gasteiger partial charge in [0.1, 0.15) is 9.61 Å². The molecule has 0 saturated carbocycles. The van der Waals surface area contributed by atoms with Gasteiger partial charge in [-0.25, -0.2) is 4.98 Å². The average molecular weight is 338 g/mol. The van der Waals surface area contributed by atoms with Gasteiger partial charge in [0.15, 0.2) is 0 Å². The number of hydrogen-bond donors (Lipinski definition) is 1. The number of hydrogen-bond acceptors (Lipinski definition) is 3. The van der Waals surface area contributed by atoms with Crippen molar-refractivity contribution in [3.63, 3.8) is 0 Å². The molecular formula is C10H7BrCl2N2S. The topological polar surface area (TPSA) is 38.9 Å². The molecule has 84 valence electrons. The van der Waals surface area contributed by atoms with Crippen LogP contribution in [0.2, 0.25) is 10.0 Å². The van der Waals surface area contributed by atoms with Crippen molar-refractivity contribution >= 4 is 50.5 Å². The molecule has 16 heavy (non-hydrogen) atoms. The first kappa shape index (κ1) is 12.3. The Morgan fingerprint density at radius 2 is 2.12 bits per heavy atom. The Bertz CT molecular complexity index is 528. The van der Waals surface area contributed by atoms with Gasteiger partial charge in [-0.15, -0.1) is 11.3 Å². The van der Waals surface area contributed by atoms with Crippen molar-refractivity contribution in [2.75, 3.05) is 0 Å². The molecule has 6 heteroatoms. The van der Waals surface area contributed by atoms with E-state index in [1.165, 1.54) is 11.3 Å². The molecule has 2 rings (SSSR count). The number of thiazole rings is 1. The van der Waals surface area contributed by atoms with Crippen molar-refractivity contribution in [1.29, 1.82) is 0 Å². The Kier molecular flexibility index (Phi) is 3.87. The zero-order valence-corrected chi connectivity index (χ0v) is 11.9. The highest BCUT2D eigenvalue weighted by Crippen LogP contribution is 2.35. The summed E-state index contributed by atoms with van der Waals surface area (Å²) in [5.41, 5.74) is 6.46. The molecule has 0 radical (unpaired) electrons. The molecule has 1 aromatic carbocycles. The van der Waals surface area contributed by atoms with E-state index in [0.717, 1.165) is 20.1 Å². The molecule has 2 aromatic rings. The second-order valence-corrected chi connectivity index (χ2v) is 5.74. The Morgan fingerprint density at radius 3 is 2.69 bits per heavy atom. The summed E-state index contributed by atoms with van der Waals surface area (Å²) < 4.78 is 0.779. The zero-order chi connectivity index (χ0) is 11.7.